The van der Waals surface area contributed by atoms with Crippen molar-refractivity contribution in [1.29, 1.82) is 0 Å². The van der Waals surface area contributed by atoms with Gasteiger partial charge in [-0.3, -0.25) is 14.5 Å². The summed E-state index contributed by atoms with van der Waals surface area (Å²) in [4.78, 5) is 28.1. The summed E-state index contributed by atoms with van der Waals surface area (Å²) in [5.41, 5.74) is -0.386. The number of benzene rings is 2. The zero-order valence-corrected chi connectivity index (χ0v) is 16.4. The van der Waals surface area contributed by atoms with Crippen molar-refractivity contribution < 1.29 is 27.5 Å². The van der Waals surface area contributed by atoms with Crippen LogP contribution < -0.4 is 0 Å². The Morgan fingerprint density at radius 3 is 2.33 bits per heavy atom. The molecule has 0 spiro atoms. The number of carbonyl (C=O) groups is 2. The van der Waals surface area contributed by atoms with Crippen LogP contribution in [0.5, 0.6) is 0 Å². The Hall–Kier alpha value is -2.87. The van der Waals surface area contributed by atoms with Gasteiger partial charge in [0.1, 0.15) is 6.61 Å². The van der Waals surface area contributed by atoms with Crippen LogP contribution >= 0.6 is 0 Å². The number of rotatable bonds is 5. The molecule has 0 bridgehead atoms. The lowest BCUT2D eigenvalue weighted by molar-refractivity contribution is -0.146. The summed E-state index contributed by atoms with van der Waals surface area (Å²) in [6.07, 6.45) is -4.03. The van der Waals surface area contributed by atoms with Gasteiger partial charge in [-0.25, -0.2) is 0 Å². The predicted molar refractivity (Wildman–Crippen MR) is 105 cm³/mol. The van der Waals surface area contributed by atoms with Crippen molar-refractivity contribution in [2.75, 3.05) is 32.7 Å². The van der Waals surface area contributed by atoms with Gasteiger partial charge in [-0.2, -0.15) is 13.2 Å². The van der Waals surface area contributed by atoms with Gasteiger partial charge in [0.15, 0.2) is 0 Å². The Kier molecular flexibility index (Phi) is 7.10. The molecule has 1 fully saturated rings. The van der Waals surface area contributed by atoms with Crippen molar-refractivity contribution in [3.63, 3.8) is 0 Å². The lowest BCUT2D eigenvalue weighted by Gasteiger charge is -2.23. The molecule has 8 heteroatoms. The Morgan fingerprint density at radius 2 is 1.60 bits per heavy atom. The third-order valence-electron chi connectivity index (χ3n) is 4.93. The highest BCUT2D eigenvalue weighted by molar-refractivity contribution is 5.96. The number of halogens is 3. The maximum Gasteiger partial charge on any atom is 0.417 e. The van der Waals surface area contributed by atoms with Gasteiger partial charge in [-0.1, -0.05) is 42.5 Å². The Bertz CT molecular complexity index is 871. The van der Waals surface area contributed by atoms with Crippen LogP contribution in [-0.4, -0.2) is 54.4 Å². The number of hydrogen-bond donors (Lipinski definition) is 0. The lowest BCUT2D eigenvalue weighted by atomic mass is 10.1. The van der Waals surface area contributed by atoms with E-state index in [2.05, 4.69) is 0 Å². The van der Waals surface area contributed by atoms with E-state index in [0.29, 0.717) is 26.1 Å². The van der Waals surface area contributed by atoms with Crippen molar-refractivity contribution in [3.05, 3.63) is 71.3 Å². The molecule has 30 heavy (non-hydrogen) atoms. The SMILES string of the molecule is O=C(CN1CCCN(C(=O)c2ccccc2C(F)(F)F)CC1)OCc1ccccc1. The molecule has 0 unspecified atom stereocenters. The summed E-state index contributed by atoms with van der Waals surface area (Å²) in [5.74, 6) is -1.02. The molecule has 0 saturated carbocycles. The minimum Gasteiger partial charge on any atom is -0.460 e. The first kappa shape index (κ1) is 21.8. The maximum absolute atomic E-state index is 13.2. The van der Waals surface area contributed by atoms with Crippen molar-refractivity contribution in [1.82, 2.24) is 9.80 Å². The first-order chi connectivity index (χ1) is 14.3. The van der Waals surface area contributed by atoms with Gasteiger partial charge >= 0.3 is 12.1 Å². The topological polar surface area (TPSA) is 49.9 Å². The number of esters is 1. The fourth-order valence-corrected chi connectivity index (χ4v) is 3.39. The molecule has 1 saturated heterocycles. The molecule has 0 aliphatic carbocycles. The van der Waals surface area contributed by atoms with Crippen molar-refractivity contribution in [2.24, 2.45) is 0 Å². The number of nitrogens with zero attached hydrogens (tertiary/aromatic N) is 2. The largest absolute Gasteiger partial charge is 0.460 e. The van der Waals surface area contributed by atoms with Gasteiger partial charge in [0.2, 0.25) is 0 Å². The van der Waals surface area contributed by atoms with Crippen molar-refractivity contribution >= 4 is 11.9 Å². The molecule has 1 heterocycles. The third kappa shape index (κ3) is 5.82. The lowest BCUT2D eigenvalue weighted by Crippen LogP contribution is -2.37. The van der Waals surface area contributed by atoms with Crippen molar-refractivity contribution in [2.45, 2.75) is 19.2 Å². The predicted octanol–water partition coefficient (Wildman–Crippen LogP) is 3.60. The molecule has 0 atom stereocenters. The molecule has 0 radical (unpaired) electrons. The Morgan fingerprint density at radius 1 is 0.900 bits per heavy atom. The molecule has 5 nitrogen and oxygen atoms in total. The van der Waals surface area contributed by atoms with Crippen LogP contribution in [0.1, 0.15) is 27.9 Å². The van der Waals surface area contributed by atoms with Gasteiger partial charge in [0, 0.05) is 26.2 Å². The van der Waals surface area contributed by atoms with E-state index < -0.39 is 17.6 Å². The number of amides is 1. The van der Waals surface area contributed by atoms with Crippen LogP contribution in [0.15, 0.2) is 54.6 Å². The molecule has 1 aliphatic rings. The van der Waals surface area contributed by atoms with Crippen LogP contribution in [0.2, 0.25) is 0 Å². The second-order valence-electron chi connectivity index (χ2n) is 7.11. The molecule has 160 valence electrons. The van der Waals surface area contributed by atoms with E-state index in [-0.39, 0.29) is 31.2 Å². The van der Waals surface area contributed by atoms with E-state index in [1.54, 1.807) is 0 Å². The summed E-state index contributed by atoms with van der Waals surface area (Å²) in [7, 11) is 0. The molecule has 2 aromatic carbocycles. The maximum atomic E-state index is 13.2. The first-order valence-electron chi connectivity index (χ1n) is 9.72. The molecule has 0 N–H and O–H groups in total. The van der Waals surface area contributed by atoms with E-state index in [1.165, 1.54) is 23.1 Å². The second-order valence-corrected chi connectivity index (χ2v) is 7.11. The van der Waals surface area contributed by atoms with E-state index in [4.69, 9.17) is 4.74 Å². The monoisotopic (exact) mass is 420 g/mol. The number of alkyl halides is 3. The number of ether oxygens (including phenoxy) is 1. The first-order valence-corrected chi connectivity index (χ1v) is 9.72. The minimum atomic E-state index is -4.59. The highest BCUT2D eigenvalue weighted by atomic mass is 19.4. The molecular weight excluding hydrogens is 397 g/mol. The van der Waals surface area contributed by atoms with Gasteiger partial charge < -0.3 is 9.64 Å². The average molecular weight is 420 g/mol. The smallest absolute Gasteiger partial charge is 0.417 e. The highest BCUT2D eigenvalue weighted by Crippen LogP contribution is 2.32. The number of carbonyl (C=O) groups excluding carboxylic acids is 2. The summed E-state index contributed by atoms with van der Waals surface area (Å²) >= 11 is 0. The molecule has 1 amide bonds. The normalized spacial score (nSPS) is 15.5. The van der Waals surface area contributed by atoms with Gasteiger partial charge in [-0.15, -0.1) is 0 Å². The van der Waals surface area contributed by atoms with Gasteiger partial charge in [-0.05, 0) is 24.1 Å². The minimum absolute atomic E-state index is 0.0774. The van der Waals surface area contributed by atoms with Crippen LogP contribution in [0, 0.1) is 0 Å². The van der Waals surface area contributed by atoms with Crippen LogP contribution in [0.3, 0.4) is 0 Å². The zero-order chi connectivity index (χ0) is 21.6. The Balaban J connectivity index is 1.55. The summed E-state index contributed by atoms with van der Waals surface area (Å²) in [5, 5.41) is 0. The average Bonchev–Trinajstić information content (AvgIpc) is 2.97. The standard InChI is InChI=1S/C22H23F3N2O3/c23-22(24,25)19-10-5-4-9-18(19)21(29)27-12-6-11-26(13-14-27)15-20(28)30-16-17-7-2-1-3-8-17/h1-5,7-10H,6,11-16H2. The molecular formula is C22H23F3N2O3. The van der Waals surface area contributed by atoms with E-state index in [0.717, 1.165) is 11.6 Å². The van der Waals surface area contributed by atoms with Gasteiger partial charge in [0.05, 0.1) is 17.7 Å². The van der Waals surface area contributed by atoms with E-state index in [1.807, 2.05) is 35.2 Å². The summed E-state index contributed by atoms with van der Waals surface area (Å²) in [6.45, 7) is 1.80. The second kappa shape index (κ2) is 9.75. The quantitative estimate of drug-likeness (QED) is 0.694. The number of hydrogen-bond acceptors (Lipinski definition) is 4. The van der Waals surface area contributed by atoms with Crippen LogP contribution in [0.4, 0.5) is 13.2 Å². The van der Waals surface area contributed by atoms with E-state index in [9.17, 15) is 22.8 Å². The zero-order valence-electron chi connectivity index (χ0n) is 16.4. The molecule has 3 rings (SSSR count). The molecule has 2 aromatic rings. The van der Waals surface area contributed by atoms with Gasteiger partial charge in [0.25, 0.3) is 5.91 Å². The molecule has 1 aliphatic heterocycles. The van der Waals surface area contributed by atoms with Crippen LogP contribution in [0.25, 0.3) is 0 Å². The summed E-state index contributed by atoms with van der Waals surface area (Å²) in [6, 6.07) is 14.1. The third-order valence-corrected chi connectivity index (χ3v) is 4.93. The Labute approximate surface area is 173 Å². The fourth-order valence-electron chi connectivity index (χ4n) is 3.39. The fraction of sp³-hybridized carbons (Fsp3) is 0.364. The van der Waals surface area contributed by atoms with Crippen molar-refractivity contribution in [3.8, 4) is 0 Å². The molecule has 0 aromatic heterocycles. The summed E-state index contributed by atoms with van der Waals surface area (Å²) < 4.78 is 45.0. The van der Waals surface area contributed by atoms with Crippen LogP contribution in [-0.2, 0) is 22.3 Å². The van der Waals surface area contributed by atoms with E-state index >= 15 is 0 Å². The highest BCUT2D eigenvalue weighted by Gasteiger charge is 2.36.